The Morgan fingerprint density at radius 2 is 2.30 bits per heavy atom. The van der Waals surface area contributed by atoms with Crippen molar-refractivity contribution in [2.75, 3.05) is 6.61 Å². The van der Waals surface area contributed by atoms with Gasteiger partial charge in [-0.05, 0) is 26.2 Å². The zero-order chi connectivity index (χ0) is 7.82. The highest BCUT2D eigenvalue weighted by Crippen LogP contribution is 1.98. The second-order valence-corrected chi connectivity index (χ2v) is 2.44. The minimum absolute atomic E-state index is 0.0229. The maximum atomic E-state index is 8.55. The maximum Gasteiger partial charge on any atom is 0.0582 e. The second-order valence-electron chi connectivity index (χ2n) is 2.44. The number of hydrogen-bond donors (Lipinski definition) is 2. The third-order valence-electron chi connectivity index (χ3n) is 1.42. The first-order valence-electron chi connectivity index (χ1n) is 3.78. The lowest BCUT2D eigenvalue weighted by molar-refractivity contribution is 0.258. The summed E-state index contributed by atoms with van der Waals surface area (Å²) >= 11 is 0. The summed E-state index contributed by atoms with van der Waals surface area (Å²) in [5.41, 5.74) is 5.48. The molecule has 0 radical (unpaired) electrons. The van der Waals surface area contributed by atoms with Crippen LogP contribution in [0, 0.1) is 0 Å². The number of unbranched alkanes of at least 4 members (excludes halogenated alkanes) is 1. The van der Waals surface area contributed by atoms with Gasteiger partial charge in [0.25, 0.3) is 0 Å². The van der Waals surface area contributed by atoms with Gasteiger partial charge in [0.15, 0.2) is 0 Å². The average molecular weight is 143 g/mol. The van der Waals surface area contributed by atoms with Gasteiger partial charge in [-0.2, -0.15) is 0 Å². The Morgan fingerprint density at radius 3 is 2.80 bits per heavy atom. The Hall–Kier alpha value is -0.340. The molecule has 0 aliphatic heterocycles. The lowest BCUT2D eigenvalue weighted by Crippen LogP contribution is -2.23. The Morgan fingerprint density at radius 1 is 1.60 bits per heavy atom. The molecule has 0 aliphatic carbocycles. The first-order valence-corrected chi connectivity index (χ1v) is 3.78. The van der Waals surface area contributed by atoms with Crippen LogP contribution in [0.5, 0.6) is 0 Å². The number of allylic oxidation sites excluding steroid dienone is 2. The van der Waals surface area contributed by atoms with Crippen LogP contribution in [0.25, 0.3) is 0 Å². The largest absolute Gasteiger partial charge is 0.395 e. The molecular formula is C8H17NO. The van der Waals surface area contributed by atoms with E-state index in [1.165, 1.54) is 0 Å². The Kier molecular flexibility index (Phi) is 6.55. The van der Waals surface area contributed by atoms with E-state index in [-0.39, 0.29) is 12.6 Å². The molecule has 0 aromatic carbocycles. The van der Waals surface area contributed by atoms with Crippen molar-refractivity contribution in [1.82, 2.24) is 0 Å². The summed E-state index contributed by atoms with van der Waals surface area (Å²) in [5, 5.41) is 8.55. The topological polar surface area (TPSA) is 46.2 Å². The number of nitrogens with two attached hydrogens (primary N) is 1. The van der Waals surface area contributed by atoms with E-state index < -0.39 is 0 Å². The molecule has 0 spiro atoms. The quantitative estimate of drug-likeness (QED) is 0.446. The number of aliphatic hydroxyl groups excluding tert-OH is 1. The van der Waals surface area contributed by atoms with Crippen molar-refractivity contribution < 1.29 is 5.11 Å². The first kappa shape index (κ1) is 9.66. The van der Waals surface area contributed by atoms with E-state index >= 15 is 0 Å². The predicted octanol–water partition coefficient (Wildman–Crippen LogP) is 1.05. The molecule has 0 saturated heterocycles. The van der Waals surface area contributed by atoms with Crippen LogP contribution in [0.15, 0.2) is 12.2 Å². The van der Waals surface area contributed by atoms with Crippen LogP contribution < -0.4 is 5.73 Å². The molecule has 1 unspecified atom stereocenters. The van der Waals surface area contributed by atoms with Crippen LogP contribution in [0.1, 0.15) is 26.2 Å². The van der Waals surface area contributed by atoms with Gasteiger partial charge < -0.3 is 10.8 Å². The van der Waals surface area contributed by atoms with Crippen molar-refractivity contribution >= 4 is 0 Å². The molecule has 0 aromatic heterocycles. The van der Waals surface area contributed by atoms with E-state index in [4.69, 9.17) is 10.8 Å². The lowest BCUT2D eigenvalue weighted by Gasteiger charge is -2.04. The molecule has 0 rings (SSSR count). The zero-order valence-electron chi connectivity index (χ0n) is 6.59. The fourth-order valence-corrected chi connectivity index (χ4v) is 0.756. The summed E-state index contributed by atoms with van der Waals surface area (Å²) in [5.74, 6) is 0. The van der Waals surface area contributed by atoms with E-state index in [1.54, 1.807) is 0 Å². The summed E-state index contributed by atoms with van der Waals surface area (Å²) in [7, 11) is 0. The van der Waals surface area contributed by atoms with Gasteiger partial charge in [-0.1, -0.05) is 12.2 Å². The molecule has 0 bridgehead atoms. The van der Waals surface area contributed by atoms with Crippen molar-refractivity contribution in [2.45, 2.75) is 32.2 Å². The van der Waals surface area contributed by atoms with Crippen molar-refractivity contribution in [3.8, 4) is 0 Å². The molecule has 0 saturated carbocycles. The van der Waals surface area contributed by atoms with Crippen LogP contribution in [-0.2, 0) is 0 Å². The minimum atomic E-state index is -0.0229. The smallest absolute Gasteiger partial charge is 0.0582 e. The van der Waals surface area contributed by atoms with E-state index in [0.717, 1.165) is 19.3 Å². The van der Waals surface area contributed by atoms with Crippen molar-refractivity contribution in [2.24, 2.45) is 5.73 Å². The standard InChI is InChI=1S/C8H17NO/c1-2-3-4-5-6-8(9)7-10/h2-3,8,10H,4-7,9H2,1H3/b3-2+. The molecule has 2 heteroatoms. The Balaban J connectivity index is 3.03. The van der Waals surface area contributed by atoms with Gasteiger partial charge in [0.1, 0.15) is 0 Å². The summed E-state index contributed by atoms with van der Waals surface area (Å²) in [6, 6.07) is -0.0229. The van der Waals surface area contributed by atoms with E-state index in [2.05, 4.69) is 6.08 Å². The van der Waals surface area contributed by atoms with Crippen LogP contribution in [0.3, 0.4) is 0 Å². The molecule has 10 heavy (non-hydrogen) atoms. The SMILES string of the molecule is C/C=C/CCCC(N)CO. The molecule has 0 aromatic rings. The Labute approximate surface area is 62.7 Å². The van der Waals surface area contributed by atoms with Crippen LogP contribution in [0.4, 0.5) is 0 Å². The molecule has 0 amide bonds. The highest BCUT2D eigenvalue weighted by atomic mass is 16.3. The van der Waals surface area contributed by atoms with Crippen LogP contribution in [0.2, 0.25) is 0 Å². The van der Waals surface area contributed by atoms with E-state index in [1.807, 2.05) is 13.0 Å². The van der Waals surface area contributed by atoms with E-state index in [0.29, 0.717) is 0 Å². The highest BCUT2D eigenvalue weighted by Gasteiger charge is 1.96. The van der Waals surface area contributed by atoms with Gasteiger partial charge in [0, 0.05) is 6.04 Å². The van der Waals surface area contributed by atoms with Crippen LogP contribution >= 0.6 is 0 Å². The van der Waals surface area contributed by atoms with Gasteiger partial charge in [0.05, 0.1) is 6.61 Å². The maximum absolute atomic E-state index is 8.55. The number of aliphatic hydroxyl groups is 1. The normalized spacial score (nSPS) is 14.3. The molecule has 0 aliphatic rings. The second kappa shape index (κ2) is 6.78. The fourth-order valence-electron chi connectivity index (χ4n) is 0.756. The monoisotopic (exact) mass is 143 g/mol. The molecule has 3 N–H and O–H groups in total. The summed E-state index contributed by atoms with van der Waals surface area (Å²) < 4.78 is 0. The van der Waals surface area contributed by atoms with Gasteiger partial charge >= 0.3 is 0 Å². The fraction of sp³-hybridized carbons (Fsp3) is 0.750. The molecule has 0 fully saturated rings. The average Bonchev–Trinajstić information content (AvgIpc) is 1.98. The Bertz CT molecular complexity index is 91.3. The molecule has 2 nitrogen and oxygen atoms in total. The van der Waals surface area contributed by atoms with Crippen molar-refractivity contribution in [3.05, 3.63) is 12.2 Å². The van der Waals surface area contributed by atoms with Gasteiger partial charge in [-0.25, -0.2) is 0 Å². The molecule has 60 valence electrons. The molecule has 1 atom stereocenters. The predicted molar refractivity (Wildman–Crippen MR) is 43.7 cm³/mol. The highest BCUT2D eigenvalue weighted by molar-refractivity contribution is 4.77. The first-order chi connectivity index (χ1) is 4.81. The van der Waals surface area contributed by atoms with Crippen molar-refractivity contribution in [3.63, 3.8) is 0 Å². The molecular weight excluding hydrogens is 126 g/mol. The van der Waals surface area contributed by atoms with Gasteiger partial charge in [-0.3, -0.25) is 0 Å². The third kappa shape index (κ3) is 5.79. The lowest BCUT2D eigenvalue weighted by atomic mass is 10.1. The minimum Gasteiger partial charge on any atom is -0.395 e. The van der Waals surface area contributed by atoms with Crippen LogP contribution in [-0.4, -0.2) is 17.8 Å². The summed E-state index contributed by atoms with van der Waals surface area (Å²) in [6.45, 7) is 2.11. The summed E-state index contributed by atoms with van der Waals surface area (Å²) in [4.78, 5) is 0. The van der Waals surface area contributed by atoms with Gasteiger partial charge in [0.2, 0.25) is 0 Å². The van der Waals surface area contributed by atoms with Gasteiger partial charge in [-0.15, -0.1) is 0 Å². The summed E-state index contributed by atoms with van der Waals surface area (Å²) in [6.07, 6.45) is 7.21. The number of hydrogen-bond acceptors (Lipinski definition) is 2. The third-order valence-corrected chi connectivity index (χ3v) is 1.42. The molecule has 0 heterocycles. The number of rotatable bonds is 5. The zero-order valence-corrected chi connectivity index (χ0v) is 6.59. The van der Waals surface area contributed by atoms with Crippen molar-refractivity contribution in [1.29, 1.82) is 0 Å². The van der Waals surface area contributed by atoms with E-state index in [9.17, 15) is 0 Å².